The van der Waals surface area contributed by atoms with Crippen LogP contribution in [0.4, 0.5) is 4.39 Å². The molecule has 21 heavy (non-hydrogen) atoms. The lowest BCUT2D eigenvalue weighted by Gasteiger charge is -2.17. The second-order valence-electron chi connectivity index (χ2n) is 5.29. The van der Waals surface area contributed by atoms with Crippen molar-refractivity contribution in [3.8, 4) is 11.8 Å². The predicted octanol–water partition coefficient (Wildman–Crippen LogP) is 1.06. The van der Waals surface area contributed by atoms with Crippen LogP contribution in [0.1, 0.15) is 24.0 Å². The van der Waals surface area contributed by atoms with E-state index in [9.17, 15) is 14.0 Å². The standard InChI is InChI=1S/C16H14FNO3/c17-12-5-4-11(10(7-12)3-1-2-6-19)9-18-15(20)13-8-14(13)16(18)21/h4-5,7,13-14,19H,2,6,8-9H2. The number of fused-ring (bicyclic) bond motifs is 1. The molecule has 1 aromatic rings. The van der Waals surface area contributed by atoms with Gasteiger partial charge in [-0.3, -0.25) is 14.5 Å². The third-order valence-corrected chi connectivity index (χ3v) is 3.82. The van der Waals surface area contributed by atoms with Crippen molar-refractivity contribution in [2.24, 2.45) is 11.8 Å². The van der Waals surface area contributed by atoms with E-state index in [1.54, 1.807) is 6.07 Å². The van der Waals surface area contributed by atoms with Gasteiger partial charge < -0.3 is 5.11 Å². The molecule has 3 rings (SSSR count). The maximum Gasteiger partial charge on any atom is 0.233 e. The zero-order chi connectivity index (χ0) is 15.0. The fourth-order valence-corrected chi connectivity index (χ4v) is 2.59. The Balaban J connectivity index is 1.84. The van der Waals surface area contributed by atoms with Crippen LogP contribution in [0.5, 0.6) is 0 Å². The number of halogens is 1. The molecule has 1 aliphatic carbocycles. The highest BCUT2D eigenvalue weighted by Gasteiger charge is 2.58. The highest BCUT2D eigenvalue weighted by atomic mass is 19.1. The van der Waals surface area contributed by atoms with Crippen LogP contribution >= 0.6 is 0 Å². The number of aliphatic hydroxyl groups excluding tert-OH is 1. The Morgan fingerprint density at radius 2 is 2.00 bits per heavy atom. The normalized spacial score (nSPS) is 22.9. The molecule has 108 valence electrons. The summed E-state index contributed by atoms with van der Waals surface area (Å²) < 4.78 is 13.3. The first kappa shape index (κ1) is 13.8. The molecule has 2 unspecified atom stereocenters. The summed E-state index contributed by atoms with van der Waals surface area (Å²) in [7, 11) is 0. The first-order valence-corrected chi connectivity index (χ1v) is 6.85. The number of aliphatic hydroxyl groups is 1. The molecule has 2 amide bonds. The minimum absolute atomic E-state index is 0.0654. The van der Waals surface area contributed by atoms with Gasteiger partial charge in [-0.2, -0.15) is 0 Å². The van der Waals surface area contributed by atoms with Crippen LogP contribution in [-0.2, 0) is 16.1 Å². The van der Waals surface area contributed by atoms with Crippen LogP contribution in [0.15, 0.2) is 18.2 Å². The van der Waals surface area contributed by atoms with Crippen molar-refractivity contribution in [2.45, 2.75) is 19.4 Å². The highest BCUT2D eigenvalue weighted by molar-refractivity contribution is 6.08. The van der Waals surface area contributed by atoms with Gasteiger partial charge in [-0.1, -0.05) is 17.9 Å². The van der Waals surface area contributed by atoms with Crippen molar-refractivity contribution in [3.05, 3.63) is 35.1 Å². The van der Waals surface area contributed by atoms with E-state index in [1.165, 1.54) is 17.0 Å². The van der Waals surface area contributed by atoms with Crippen molar-refractivity contribution in [1.82, 2.24) is 4.90 Å². The van der Waals surface area contributed by atoms with Gasteiger partial charge in [0.05, 0.1) is 25.0 Å². The Hall–Kier alpha value is -2.19. The molecule has 1 heterocycles. The van der Waals surface area contributed by atoms with Crippen molar-refractivity contribution in [1.29, 1.82) is 0 Å². The Kier molecular flexibility index (Phi) is 3.48. The molecule has 2 fully saturated rings. The number of hydrogen-bond donors (Lipinski definition) is 1. The van der Waals surface area contributed by atoms with E-state index in [0.717, 1.165) is 0 Å². The monoisotopic (exact) mass is 287 g/mol. The van der Waals surface area contributed by atoms with Crippen LogP contribution in [-0.4, -0.2) is 28.4 Å². The minimum atomic E-state index is -0.422. The Morgan fingerprint density at radius 3 is 2.67 bits per heavy atom. The second-order valence-corrected chi connectivity index (χ2v) is 5.29. The molecule has 0 aromatic heterocycles. The number of carbonyl (C=O) groups is 2. The number of piperidine rings is 1. The lowest BCUT2D eigenvalue weighted by molar-refractivity contribution is -0.142. The number of likely N-dealkylation sites (tertiary alicyclic amines) is 1. The number of benzene rings is 1. The lowest BCUT2D eigenvalue weighted by atomic mass is 10.1. The highest BCUT2D eigenvalue weighted by Crippen LogP contribution is 2.47. The molecular formula is C16H14FNO3. The van der Waals surface area contributed by atoms with E-state index in [4.69, 9.17) is 5.11 Å². The van der Waals surface area contributed by atoms with Gasteiger partial charge in [-0.05, 0) is 24.1 Å². The van der Waals surface area contributed by atoms with E-state index in [0.29, 0.717) is 24.0 Å². The Bertz CT molecular complexity index is 654. The van der Waals surface area contributed by atoms with E-state index < -0.39 is 5.82 Å². The third kappa shape index (κ3) is 2.55. The van der Waals surface area contributed by atoms with E-state index in [2.05, 4.69) is 11.8 Å². The smallest absolute Gasteiger partial charge is 0.233 e. The molecule has 1 N–H and O–H groups in total. The molecule has 0 radical (unpaired) electrons. The molecule has 0 spiro atoms. The van der Waals surface area contributed by atoms with E-state index in [1.807, 2.05) is 0 Å². The summed E-state index contributed by atoms with van der Waals surface area (Å²) in [5.74, 6) is 4.54. The molecule has 2 atom stereocenters. The minimum Gasteiger partial charge on any atom is -0.395 e. The van der Waals surface area contributed by atoms with Crippen LogP contribution in [0.3, 0.4) is 0 Å². The van der Waals surface area contributed by atoms with Gasteiger partial charge in [-0.15, -0.1) is 0 Å². The van der Waals surface area contributed by atoms with Crippen molar-refractivity contribution < 1.29 is 19.1 Å². The maximum absolute atomic E-state index is 13.3. The average molecular weight is 287 g/mol. The summed E-state index contributed by atoms with van der Waals surface area (Å²) in [6, 6.07) is 4.12. The van der Waals surface area contributed by atoms with Crippen molar-refractivity contribution in [3.63, 3.8) is 0 Å². The van der Waals surface area contributed by atoms with Gasteiger partial charge in [0, 0.05) is 12.0 Å². The van der Waals surface area contributed by atoms with Gasteiger partial charge in [0.2, 0.25) is 11.8 Å². The van der Waals surface area contributed by atoms with Gasteiger partial charge in [0.25, 0.3) is 0 Å². The Morgan fingerprint density at radius 1 is 1.29 bits per heavy atom. The zero-order valence-electron chi connectivity index (χ0n) is 11.3. The molecule has 0 bridgehead atoms. The molecule has 1 saturated carbocycles. The van der Waals surface area contributed by atoms with Crippen molar-refractivity contribution in [2.75, 3.05) is 6.61 Å². The van der Waals surface area contributed by atoms with Gasteiger partial charge in [0.15, 0.2) is 0 Å². The molecule has 5 heteroatoms. The fourth-order valence-electron chi connectivity index (χ4n) is 2.59. The van der Waals surface area contributed by atoms with Gasteiger partial charge in [0.1, 0.15) is 5.82 Å². The number of amides is 2. The van der Waals surface area contributed by atoms with E-state index >= 15 is 0 Å². The van der Waals surface area contributed by atoms with E-state index in [-0.39, 0.29) is 36.8 Å². The van der Waals surface area contributed by atoms with Gasteiger partial charge >= 0.3 is 0 Å². The van der Waals surface area contributed by atoms with Gasteiger partial charge in [-0.25, -0.2) is 4.39 Å². The van der Waals surface area contributed by atoms with Crippen LogP contribution in [0.2, 0.25) is 0 Å². The topological polar surface area (TPSA) is 57.6 Å². The molecule has 1 saturated heterocycles. The Labute approximate surface area is 121 Å². The van der Waals surface area contributed by atoms with Crippen molar-refractivity contribution >= 4 is 11.8 Å². The molecule has 2 aliphatic rings. The number of nitrogens with zero attached hydrogens (tertiary/aromatic N) is 1. The molecule has 1 aromatic carbocycles. The largest absolute Gasteiger partial charge is 0.395 e. The number of rotatable bonds is 3. The lowest BCUT2D eigenvalue weighted by Crippen LogP contribution is -2.32. The summed E-state index contributed by atoms with van der Waals surface area (Å²) in [6.45, 7) is 0.0676. The first-order valence-electron chi connectivity index (χ1n) is 6.85. The van der Waals surface area contributed by atoms with Crippen LogP contribution in [0, 0.1) is 29.5 Å². The van der Waals surface area contributed by atoms with Crippen LogP contribution < -0.4 is 0 Å². The quantitative estimate of drug-likeness (QED) is 0.668. The summed E-state index contributed by atoms with van der Waals surface area (Å²) >= 11 is 0. The van der Waals surface area contributed by atoms with Crippen LogP contribution in [0.25, 0.3) is 0 Å². The summed E-state index contributed by atoms with van der Waals surface area (Å²) in [6.07, 6.45) is 0.961. The molecular weight excluding hydrogens is 273 g/mol. The number of carbonyl (C=O) groups excluding carboxylic acids is 2. The fraction of sp³-hybridized carbons (Fsp3) is 0.375. The number of imide groups is 1. The first-order chi connectivity index (χ1) is 10.1. The summed E-state index contributed by atoms with van der Waals surface area (Å²) in [5.41, 5.74) is 1.09. The average Bonchev–Trinajstić information content (AvgIpc) is 3.21. The summed E-state index contributed by atoms with van der Waals surface area (Å²) in [4.78, 5) is 25.2. The zero-order valence-corrected chi connectivity index (χ0v) is 11.3. The predicted molar refractivity (Wildman–Crippen MR) is 72.1 cm³/mol. The third-order valence-electron chi connectivity index (χ3n) is 3.82. The molecule has 4 nitrogen and oxygen atoms in total. The maximum atomic E-state index is 13.3. The molecule has 1 aliphatic heterocycles. The second kappa shape index (κ2) is 5.30. The SMILES string of the molecule is O=C1C2CC2C(=O)N1Cc1ccc(F)cc1C#CCCO. The summed E-state index contributed by atoms with van der Waals surface area (Å²) in [5, 5.41) is 8.73. The number of hydrogen-bond acceptors (Lipinski definition) is 3.